The van der Waals surface area contributed by atoms with E-state index < -0.39 is 0 Å². The van der Waals surface area contributed by atoms with E-state index in [4.69, 9.17) is 0 Å². The third kappa shape index (κ3) is 5.77. The van der Waals surface area contributed by atoms with Crippen molar-refractivity contribution in [2.75, 3.05) is 27.2 Å². The van der Waals surface area contributed by atoms with Crippen LogP contribution in [0.3, 0.4) is 0 Å². The molecule has 0 bridgehead atoms. The van der Waals surface area contributed by atoms with Crippen molar-refractivity contribution in [3.63, 3.8) is 0 Å². The number of Topliss-reactive ketones (excluding diaryl/α,β-unsaturated/α-hetero) is 1. The molecule has 0 N–H and O–H groups in total. The fourth-order valence-corrected chi connectivity index (χ4v) is 3.81. The molecule has 1 fully saturated rings. The number of hydrogen-bond acceptors (Lipinski definition) is 4. The van der Waals surface area contributed by atoms with Gasteiger partial charge >= 0.3 is 0 Å². The number of aryl methyl sites for hydroxylation is 1. The van der Waals surface area contributed by atoms with E-state index in [1.165, 1.54) is 6.20 Å². The molecule has 1 aliphatic rings. The zero-order valence-electron chi connectivity index (χ0n) is 18.4. The molecule has 0 radical (unpaired) electrons. The molecule has 29 heavy (non-hydrogen) atoms. The number of ketones is 1. The summed E-state index contributed by atoms with van der Waals surface area (Å²) in [5.41, 5.74) is 2.91. The standard InChI is InChI=1S/C24H32FN3O/c1-16(2)28-9-7-19(8-10-28)22-13-20(17(3)12-23(22)25)11-18(4)24(29)21(14-26)15-27(5)6/h11-13,15-16,19H,7-10H2,1-6H3/b18-11+,21-15+. The molecule has 0 amide bonds. The van der Waals surface area contributed by atoms with Gasteiger partial charge in [0.25, 0.3) is 0 Å². The van der Waals surface area contributed by atoms with E-state index in [2.05, 4.69) is 18.7 Å². The topological polar surface area (TPSA) is 47.3 Å². The molecule has 5 heteroatoms. The van der Waals surface area contributed by atoms with Gasteiger partial charge in [0.1, 0.15) is 17.5 Å². The first kappa shape index (κ1) is 22.8. The Morgan fingerprint density at radius 2 is 1.93 bits per heavy atom. The fourth-order valence-electron chi connectivity index (χ4n) is 3.81. The van der Waals surface area contributed by atoms with Crippen LogP contribution in [-0.4, -0.2) is 48.8 Å². The molecule has 0 atom stereocenters. The number of carbonyl (C=O) groups is 1. The van der Waals surface area contributed by atoms with Crippen LogP contribution in [0.4, 0.5) is 4.39 Å². The van der Waals surface area contributed by atoms with E-state index >= 15 is 0 Å². The van der Waals surface area contributed by atoms with E-state index in [-0.39, 0.29) is 23.1 Å². The number of hydrogen-bond donors (Lipinski definition) is 0. The third-order valence-corrected chi connectivity index (χ3v) is 5.57. The molecule has 2 rings (SSSR count). The average molecular weight is 398 g/mol. The Morgan fingerprint density at radius 3 is 2.45 bits per heavy atom. The molecule has 156 valence electrons. The van der Waals surface area contributed by atoms with Gasteiger partial charge in [0.15, 0.2) is 0 Å². The molecule has 1 aromatic rings. The normalized spacial score (nSPS) is 16.8. The van der Waals surface area contributed by atoms with Crippen molar-refractivity contribution in [2.45, 2.75) is 52.5 Å². The van der Waals surface area contributed by atoms with Gasteiger partial charge in [-0.3, -0.25) is 4.79 Å². The monoisotopic (exact) mass is 397 g/mol. The predicted molar refractivity (Wildman–Crippen MR) is 116 cm³/mol. The molecule has 1 saturated heterocycles. The van der Waals surface area contributed by atoms with E-state index in [1.54, 1.807) is 38.1 Å². The highest BCUT2D eigenvalue weighted by Gasteiger charge is 2.24. The number of benzene rings is 1. The minimum Gasteiger partial charge on any atom is -0.382 e. The minimum atomic E-state index is -0.309. The van der Waals surface area contributed by atoms with Crippen molar-refractivity contribution in [2.24, 2.45) is 0 Å². The summed E-state index contributed by atoms with van der Waals surface area (Å²) in [6.07, 6.45) is 5.16. The van der Waals surface area contributed by atoms with Crippen LogP contribution in [0.2, 0.25) is 0 Å². The first-order valence-corrected chi connectivity index (χ1v) is 10.2. The number of carbonyl (C=O) groups excluding carboxylic acids is 1. The summed E-state index contributed by atoms with van der Waals surface area (Å²) >= 11 is 0. The van der Waals surface area contributed by atoms with Crippen LogP contribution in [0.1, 0.15) is 56.2 Å². The molecule has 1 heterocycles. The van der Waals surface area contributed by atoms with Crippen molar-refractivity contribution < 1.29 is 9.18 Å². The fraction of sp³-hybridized carbons (Fsp3) is 0.500. The van der Waals surface area contributed by atoms with Crippen molar-refractivity contribution in [3.05, 3.63) is 52.0 Å². The largest absolute Gasteiger partial charge is 0.382 e. The number of piperidine rings is 1. The number of allylic oxidation sites excluding steroid dienone is 2. The molecule has 0 aromatic heterocycles. The Hall–Kier alpha value is -2.45. The van der Waals surface area contributed by atoms with E-state index in [0.717, 1.165) is 42.6 Å². The molecule has 1 aromatic carbocycles. The predicted octanol–water partition coefficient (Wildman–Crippen LogP) is 4.66. The SMILES string of the molecule is C/C(=C\c1cc(C2CCN(C(C)C)CC2)c(F)cc1C)C(=O)/C(C#N)=C/N(C)C. The van der Waals surface area contributed by atoms with Crippen LogP contribution >= 0.6 is 0 Å². The summed E-state index contributed by atoms with van der Waals surface area (Å²) < 4.78 is 14.7. The summed E-state index contributed by atoms with van der Waals surface area (Å²) in [5.74, 6) is -0.286. The van der Waals surface area contributed by atoms with Crippen LogP contribution in [0, 0.1) is 24.1 Å². The molecular formula is C24H32FN3O. The van der Waals surface area contributed by atoms with Gasteiger partial charge in [0.2, 0.25) is 5.78 Å². The summed E-state index contributed by atoms with van der Waals surface area (Å²) in [6.45, 7) is 9.87. The highest BCUT2D eigenvalue weighted by atomic mass is 19.1. The van der Waals surface area contributed by atoms with Crippen molar-refractivity contribution in [3.8, 4) is 6.07 Å². The maximum atomic E-state index is 14.7. The number of likely N-dealkylation sites (tertiary alicyclic amines) is 1. The summed E-state index contributed by atoms with van der Waals surface area (Å²) in [4.78, 5) is 16.7. The average Bonchev–Trinajstić information content (AvgIpc) is 2.67. The van der Waals surface area contributed by atoms with Crippen LogP contribution in [0.5, 0.6) is 0 Å². The highest BCUT2D eigenvalue weighted by molar-refractivity contribution is 6.12. The number of halogens is 1. The first-order valence-electron chi connectivity index (χ1n) is 10.2. The second-order valence-electron chi connectivity index (χ2n) is 8.41. The summed E-state index contributed by atoms with van der Waals surface area (Å²) in [7, 11) is 3.54. The number of nitrogens with zero attached hydrogens (tertiary/aromatic N) is 3. The van der Waals surface area contributed by atoms with Gasteiger partial charge in [-0.2, -0.15) is 5.26 Å². The molecule has 0 aliphatic carbocycles. The van der Waals surface area contributed by atoms with Crippen LogP contribution in [0.15, 0.2) is 29.5 Å². The lowest BCUT2D eigenvalue weighted by Crippen LogP contribution is -2.38. The van der Waals surface area contributed by atoms with Crippen molar-refractivity contribution in [1.82, 2.24) is 9.80 Å². The molecule has 0 saturated carbocycles. The maximum absolute atomic E-state index is 14.7. The quantitative estimate of drug-likeness (QED) is 0.517. The Kier molecular flexibility index (Phi) is 7.75. The summed E-state index contributed by atoms with van der Waals surface area (Å²) in [6, 6.07) is 5.93. The second kappa shape index (κ2) is 9.84. The lowest BCUT2D eigenvalue weighted by Gasteiger charge is -2.35. The molecule has 1 aliphatic heterocycles. The van der Waals surface area contributed by atoms with E-state index in [1.807, 2.05) is 19.1 Å². The number of nitriles is 1. The van der Waals surface area contributed by atoms with Gasteiger partial charge in [0.05, 0.1) is 0 Å². The molecule has 0 unspecified atom stereocenters. The third-order valence-electron chi connectivity index (χ3n) is 5.57. The van der Waals surface area contributed by atoms with E-state index in [0.29, 0.717) is 11.6 Å². The lowest BCUT2D eigenvalue weighted by molar-refractivity contribution is -0.111. The highest BCUT2D eigenvalue weighted by Crippen LogP contribution is 2.32. The molecule has 0 spiro atoms. The first-order chi connectivity index (χ1) is 13.6. The van der Waals surface area contributed by atoms with E-state index in [9.17, 15) is 14.4 Å². The maximum Gasteiger partial charge on any atom is 0.200 e. The zero-order valence-corrected chi connectivity index (χ0v) is 18.4. The van der Waals surface area contributed by atoms with Crippen molar-refractivity contribution >= 4 is 11.9 Å². The second-order valence-corrected chi connectivity index (χ2v) is 8.41. The van der Waals surface area contributed by atoms with Gasteiger partial charge in [-0.1, -0.05) is 0 Å². The Balaban J connectivity index is 2.30. The van der Waals surface area contributed by atoms with Crippen LogP contribution in [0.25, 0.3) is 6.08 Å². The van der Waals surface area contributed by atoms with Gasteiger partial charge in [-0.05, 0) is 100 Å². The number of rotatable bonds is 6. The zero-order chi connectivity index (χ0) is 21.7. The Bertz CT molecular complexity index is 854. The molecular weight excluding hydrogens is 365 g/mol. The van der Waals surface area contributed by atoms with Gasteiger partial charge in [-0.15, -0.1) is 0 Å². The Labute approximate surface area is 174 Å². The minimum absolute atomic E-state index is 0.0878. The van der Waals surface area contributed by atoms with Crippen molar-refractivity contribution in [1.29, 1.82) is 5.26 Å². The lowest BCUT2D eigenvalue weighted by atomic mass is 9.86. The van der Waals surface area contributed by atoms with Gasteiger partial charge in [0, 0.05) is 26.3 Å². The smallest absolute Gasteiger partial charge is 0.200 e. The van der Waals surface area contributed by atoms with Gasteiger partial charge < -0.3 is 9.80 Å². The molecule has 4 nitrogen and oxygen atoms in total. The van der Waals surface area contributed by atoms with Gasteiger partial charge in [-0.25, -0.2) is 4.39 Å². The van der Waals surface area contributed by atoms with Crippen LogP contribution < -0.4 is 0 Å². The summed E-state index contributed by atoms with van der Waals surface area (Å²) in [5, 5.41) is 9.28. The Morgan fingerprint density at radius 1 is 1.31 bits per heavy atom. The van der Waals surface area contributed by atoms with Crippen LogP contribution in [-0.2, 0) is 4.79 Å².